The lowest BCUT2D eigenvalue weighted by Gasteiger charge is -2.16. The Kier molecular flexibility index (Phi) is 9.27. The summed E-state index contributed by atoms with van der Waals surface area (Å²) in [6, 6.07) is 6.23. The molecule has 0 amide bonds. The van der Waals surface area contributed by atoms with Gasteiger partial charge in [-0.05, 0) is 36.8 Å². The molecule has 1 aromatic heterocycles. The SMILES string of the molecule is Cc1c(S(=O)(=O)NC(O[P+](=O)O)c2ccc(C#N)c(S(=O)(=O)C(F)(F)F)c2)sc2ccc(OCCN)c(Cl)c12. The summed E-state index contributed by atoms with van der Waals surface area (Å²) >= 11 is 7.15. The number of thiophene rings is 1. The number of nitrogens with zero attached hydrogens (tertiary/aromatic N) is 1. The van der Waals surface area contributed by atoms with Crippen LogP contribution in [0, 0.1) is 18.3 Å². The van der Waals surface area contributed by atoms with Gasteiger partial charge < -0.3 is 10.5 Å². The minimum Gasteiger partial charge on any atom is -0.491 e. The molecule has 1 heterocycles. The van der Waals surface area contributed by atoms with Gasteiger partial charge in [-0.3, -0.25) is 0 Å². The molecule has 19 heteroatoms. The van der Waals surface area contributed by atoms with Crippen molar-refractivity contribution < 1.29 is 48.7 Å². The van der Waals surface area contributed by atoms with Gasteiger partial charge in [-0.1, -0.05) is 22.2 Å². The van der Waals surface area contributed by atoms with E-state index in [9.17, 15) is 39.5 Å². The molecular formula is C20H17ClF3N3O8PS3+. The quantitative estimate of drug-likeness (QED) is 0.215. The highest BCUT2D eigenvalue weighted by Gasteiger charge is 2.48. The zero-order chi connectivity index (χ0) is 29.3. The van der Waals surface area contributed by atoms with Crippen molar-refractivity contribution in [1.82, 2.24) is 4.72 Å². The van der Waals surface area contributed by atoms with Crippen LogP contribution in [-0.2, 0) is 28.9 Å². The zero-order valence-electron chi connectivity index (χ0n) is 19.4. The second-order valence-corrected chi connectivity index (χ2v) is 13.5. The Morgan fingerprint density at radius 2 is 1.92 bits per heavy atom. The van der Waals surface area contributed by atoms with E-state index < -0.39 is 55.9 Å². The molecule has 2 aromatic carbocycles. The highest BCUT2D eigenvalue weighted by atomic mass is 35.5. The van der Waals surface area contributed by atoms with Crippen molar-refractivity contribution in [3.05, 3.63) is 52.0 Å². The van der Waals surface area contributed by atoms with Gasteiger partial charge in [0.15, 0.2) is 0 Å². The van der Waals surface area contributed by atoms with Crippen molar-refractivity contribution in [3.8, 4) is 11.8 Å². The van der Waals surface area contributed by atoms with Crippen molar-refractivity contribution in [3.63, 3.8) is 0 Å². The number of nitrogens with two attached hydrogens (primary N) is 1. The van der Waals surface area contributed by atoms with Gasteiger partial charge >= 0.3 is 13.8 Å². The third-order valence-electron chi connectivity index (χ3n) is 5.05. The summed E-state index contributed by atoms with van der Waals surface area (Å²) in [5.74, 6) is 0.238. The third-order valence-corrected chi connectivity index (χ3v) is 10.6. The number of halogens is 4. The van der Waals surface area contributed by atoms with E-state index in [2.05, 4.69) is 4.52 Å². The Bertz CT molecular complexity index is 1710. The van der Waals surface area contributed by atoms with E-state index in [1.54, 1.807) is 0 Å². The molecular weight excluding hydrogens is 630 g/mol. The topological polar surface area (TPSA) is 186 Å². The second-order valence-electron chi connectivity index (χ2n) is 7.56. The van der Waals surface area contributed by atoms with Crippen molar-refractivity contribution in [2.75, 3.05) is 13.2 Å². The zero-order valence-corrected chi connectivity index (χ0v) is 23.5. The van der Waals surface area contributed by atoms with Crippen molar-refractivity contribution >= 4 is 61.1 Å². The van der Waals surface area contributed by atoms with Crippen LogP contribution < -0.4 is 15.2 Å². The summed E-state index contributed by atoms with van der Waals surface area (Å²) in [5, 5.41) is 9.52. The lowest BCUT2D eigenvalue weighted by molar-refractivity contribution is -0.0436. The Morgan fingerprint density at radius 3 is 2.49 bits per heavy atom. The Labute approximate surface area is 229 Å². The molecule has 210 valence electrons. The van der Waals surface area contributed by atoms with Gasteiger partial charge in [0.05, 0.1) is 15.5 Å². The lowest BCUT2D eigenvalue weighted by atomic mass is 10.1. The van der Waals surface area contributed by atoms with Crippen LogP contribution in [-0.4, -0.2) is 40.4 Å². The highest BCUT2D eigenvalue weighted by Crippen LogP contribution is 2.43. The molecule has 0 fully saturated rings. The molecule has 2 unspecified atom stereocenters. The predicted octanol–water partition coefficient (Wildman–Crippen LogP) is 4.01. The van der Waals surface area contributed by atoms with E-state index in [4.69, 9.17) is 27.3 Å². The molecule has 4 N–H and O–H groups in total. The van der Waals surface area contributed by atoms with Gasteiger partial charge in [-0.2, -0.15) is 23.2 Å². The minimum atomic E-state index is -6.06. The number of benzene rings is 2. The number of sulfone groups is 1. The van der Waals surface area contributed by atoms with E-state index in [1.165, 1.54) is 25.1 Å². The first-order chi connectivity index (χ1) is 18.0. The first-order valence-corrected chi connectivity index (χ1v) is 15.6. The number of nitrogens with one attached hydrogen (secondary N) is 1. The van der Waals surface area contributed by atoms with E-state index >= 15 is 0 Å². The van der Waals surface area contributed by atoms with Crippen LogP contribution in [0.25, 0.3) is 10.1 Å². The fourth-order valence-corrected chi connectivity index (χ4v) is 8.03. The van der Waals surface area contributed by atoms with E-state index in [1.807, 2.05) is 4.72 Å². The van der Waals surface area contributed by atoms with Crippen LogP contribution in [0.1, 0.15) is 22.9 Å². The van der Waals surface area contributed by atoms with Crippen LogP contribution in [0.15, 0.2) is 39.4 Å². The molecule has 3 rings (SSSR count). The van der Waals surface area contributed by atoms with Crippen LogP contribution in [0.4, 0.5) is 13.2 Å². The van der Waals surface area contributed by atoms with E-state index in [0.29, 0.717) is 22.2 Å². The molecule has 0 saturated heterocycles. The smallest absolute Gasteiger partial charge is 0.491 e. The monoisotopic (exact) mass is 646 g/mol. The molecule has 2 atom stereocenters. The lowest BCUT2D eigenvalue weighted by Crippen LogP contribution is -2.30. The normalized spacial score (nSPS) is 13.7. The Balaban J connectivity index is 2.12. The molecule has 0 bridgehead atoms. The number of nitriles is 1. The maximum absolute atomic E-state index is 13.3. The fourth-order valence-electron chi connectivity index (χ4n) is 3.37. The summed E-state index contributed by atoms with van der Waals surface area (Å²) < 4.78 is 114. The molecule has 3 aromatic rings. The summed E-state index contributed by atoms with van der Waals surface area (Å²) in [6.45, 7) is 1.75. The highest BCUT2D eigenvalue weighted by molar-refractivity contribution is 7.92. The van der Waals surface area contributed by atoms with Crippen molar-refractivity contribution in [2.24, 2.45) is 5.73 Å². The van der Waals surface area contributed by atoms with Gasteiger partial charge in [0.1, 0.15) is 22.6 Å². The van der Waals surface area contributed by atoms with Crippen LogP contribution in [0.3, 0.4) is 0 Å². The van der Waals surface area contributed by atoms with Crippen molar-refractivity contribution in [2.45, 2.75) is 27.8 Å². The minimum absolute atomic E-state index is 0.0940. The molecule has 0 aliphatic rings. The largest absolute Gasteiger partial charge is 0.696 e. The first kappa shape index (κ1) is 31.1. The van der Waals surface area contributed by atoms with E-state index in [0.717, 1.165) is 17.4 Å². The number of hydrogen-bond acceptors (Lipinski definition) is 10. The second kappa shape index (κ2) is 11.6. The number of fused-ring (bicyclic) bond motifs is 1. The molecule has 0 aliphatic carbocycles. The standard InChI is InChI=1S/C20H16ClF3N3O8PS3/c1-10-16-14(5-4-13(17(16)21)34-7-6-25)37-19(10)39(32,33)27-18(35-36(28)29)11-2-3-12(9-26)15(8-11)38(30,31)20(22,23)24/h2-5,8,18,27H,6-7,25H2,1H3/p+1. The summed E-state index contributed by atoms with van der Waals surface area (Å²) in [7, 11) is -14.3. The number of sulfonamides is 1. The molecule has 11 nitrogen and oxygen atoms in total. The molecule has 0 aliphatic heterocycles. The van der Waals surface area contributed by atoms with Gasteiger partial charge in [0, 0.05) is 26.8 Å². The number of rotatable bonds is 10. The molecule has 0 saturated carbocycles. The predicted molar refractivity (Wildman–Crippen MR) is 134 cm³/mol. The fraction of sp³-hybridized carbons (Fsp3) is 0.250. The van der Waals surface area contributed by atoms with Gasteiger partial charge in [-0.15, -0.1) is 16.2 Å². The Hall–Kier alpha value is -2.39. The third kappa shape index (κ3) is 6.35. The first-order valence-electron chi connectivity index (χ1n) is 10.3. The average molecular weight is 647 g/mol. The van der Waals surface area contributed by atoms with Gasteiger partial charge in [-0.25, -0.2) is 16.8 Å². The maximum Gasteiger partial charge on any atom is 0.696 e. The maximum atomic E-state index is 13.3. The molecule has 0 spiro atoms. The van der Waals surface area contributed by atoms with Crippen LogP contribution in [0.2, 0.25) is 5.02 Å². The Morgan fingerprint density at radius 1 is 1.26 bits per heavy atom. The number of alkyl halides is 3. The van der Waals surface area contributed by atoms with Gasteiger partial charge in [0.25, 0.3) is 19.9 Å². The number of ether oxygens (including phenoxy) is 1. The summed E-state index contributed by atoms with van der Waals surface area (Å²) in [4.78, 5) is 7.79. The number of aryl methyl sites for hydroxylation is 1. The van der Waals surface area contributed by atoms with E-state index in [-0.39, 0.29) is 33.7 Å². The van der Waals surface area contributed by atoms with Crippen molar-refractivity contribution in [1.29, 1.82) is 5.26 Å². The average Bonchev–Trinajstić information content (AvgIpc) is 3.19. The number of hydrogen-bond donors (Lipinski definition) is 3. The van der Waals surface area contributed by atoms with Crippen LogP contribution in [0.5, 0.6) is 5.75 Å². The summed E-state index contributed by atoms with van der Waals surface area (Å²) in [6.07, 6.45) is -2.14. The summed E-state index contributed by atoms with van der Waals surface area (Å²) in [5.41, 5.74) is -1.72. The van der Waals surface area contributed by atoms with Crippen LogP contribution >= 0.6 is 31.2 Å². The molecule has 0 radical (unpaired) electrons. The molecule has 39 heavy (non-hydrogen) atoms. The van der Waals surface area contributed by atoms with Gasteiger partial charge in [0.2, 0.25) is 6.23 Å².